The monoisotopic (exact) mass is 306 g/mol. The van der Waals surface area contributed by atoms with Gasteiger partial charge in [-0.1, -0.05) is 6.07 Å². The Hall–Kier alpha value is -1.75. The van der Waals surface area contributed by atoms with Crippen molar-refractivity contribution in [3.63, 3.8) is 0 Å². The largest absolute Gasteiger partial charge is 0.493 e. The molecule has 2 N–H and O–H groups in total. The van der Waals surface area contributed by atoms with Crippen molar-refractivity contribution < 1.29 is 14.3 Å². The lowest BCUT2D eigenvalue weighted by molar-refractivity contribution is -0.126. The number of rotatable bonds is 6. The highest BCUT2D eigenvalue weighted by atomic mass is 16.5. The molecule has 2 rings (SSSR count). The zero-order chi connectivity index (χ0) is 15.9. The van der Waals surface area contributed by atoms with Gasteiger partial charge in [-0.2, -0.15) is 0 Å². The van der Waals surface area contributed by atoms with E-state index in [1.807, 2.05) is 25.1 Å². The molecule has 122 valence electrons. The number of hydrogen-bond acceptors (Lipinski definition) is 4. The predicted molar refractivity (Wildman–Crippen MR) is 86.2 cm³/mol. The third-order valence-corrected chi connectivity index (χ3v) is 3.99. The second kappa shape index (κ2) is 8.03. The minimum absolute atomic E-state index is 0.112. The molecule has 2 atom stereocenters. The maximum atomic E-state index is 12.2. The number of piperidine rings is 1. The van der Waals surface area contributed by atoms with Crippen LogP contribution in [0.4, 0.5) is 0 Å². The van der Waals surface area contributed by atoms with E-state index in [0.29, 0.717) is 24.9 Å². The molecule has 1 aliphatic heterocycles. The molecule has 0 aliphatic carbocycles. The number of nitrogens with one attached hydrogen (secondary N) is 2. The molecule has 0 spiro atoms. The van der Waals surface area contributed by atoms with Crippen LogP contribution in [0.2, 0.25) is 0 Å². The van der Waals surface area contributed by atoms with Gasteiger partial charge in [0.05, 0.1) is 13.7 Å². The van der Waals surface area contributed by atoms with Gasteiger partial charge in [-0.15, -0.1) is 0 Å². The molecule has 1 saturated heterocycles. The van der Waals surface area contributed by atoms with E-state index in [2.05, 4.69) is 17.6 Å². The lowest BCUT2D eigenvalue weighted by Crippen LogP contribution is -2.42. The van der Waals surface area contributed by atoms with E-state index in [4.69, 9.17) is 9.47 Å². The summed E-state index contributed by atoms with van der Waals surface area (Å²) in [4.78, 5) is 12.2. The van der Waals surface area contributed by atoms with Gasteiger partial charge >= 0.3 is 0 Å². The summed E-state index contributed by atoms with van der Waals surface area (Å²) in [6.45, 7) is 6.08. The fourth-order valence-corrected chi connectivity index (χ4v) is 2.80. The van der Waals surface area contributed by atoms with Crippen molar-refractivity contribution in [1.82, 2.24) is 10.6 Å². The number of methoxy groups -OCH3 is 1. The Morgan fingerprint density at radius 3 is 2.91 bits per heavy atom. The molecular formula is C17H26N2O3. The van der Waals surface area contributed by atoms with Gasteiger partial charge in [0.25, 0.3) is 0 Å². The Morgan fingerprint density at radius 1 is 1.41 bits per heavy atom. The molecular weight excluding hydrogens is 280 g/mol. The summed E-state index contributed by atoms with van der Waals surface area (Å²) < 4.78 is 10.8. The Morgan fingerprint density at radius 2 is 2.23 bits per heavy atom. The average Bonchev–Trinajstić information content (AvgIpc) is 2.53. The topological polar surface area (TPSA) is 59.6 Å². The molecule has 1 aromatic carbocycles. The molecule has 1 aliphatic rings. The summed E-state index contributed by atoms with van der Waals surface area (Å²) >= 11 is 0. The van der Waals surface area contributed by atoms with Gasteiger partial charge in [0, 0.05) is 18.5 Å². The van der Waals surface area contributed by atoms with Crippen LogP contribution in [0.3, 0.4) is 0 Å². The van der Waals surface area contributed by atoms with Gasteiger partial charge in [0.2, 0.25) is 5.91 Å². The standard InChI is InChI=1S/C17H26N2O3/c1-4-22-15-6-5-13(10-16(15)21-3)11-19-17(20)14-7-8-18-12(2)9-14/h5-6,10,12,14,18H,4,7-9,11H2,1-3H3,(H,19,20)/t12-,14-/m0/s1. The number of carbonyl (C=O) groups is 1. The van der Waals surface area contributed by atoms with E-state index in [1.54, 1.807) is 7.11 Å². The van der Waals surface area contributed by atoms with Gasteiger partial charge < -0.3 is 20.1 Å². The summed E-state index contributed by atoms with van der Waals surface area (Å²) in [6.07, 6.45) is 1.81. The van der Waals surface area contributed by atoms with Crippen molar-refractivity contribution in [3.05, 3.63) is 23.8 Å². The molecule has 0 saturated carbocycles. The first-order valence-electron chi connectivity index (χ1n) is 7.94. The van der Waals surface area contributed by atoms with E-state index in [-0.39, 0.29) is 11.8 Å². The zero-order valence-corrected chi connectivity index (χ0v) is 13.6. The van der Waals surface area contributed by atoms with Crippen LogP contribution in [-0.2, 0) is 11.3 Å². The van der Waals surface area contributed by atoms with Crippen LogP contribution < -0.4 is 20.1 Å². The van der Waals surface area contributed by atoms with Crippen LogP contribution in [0, 0.1) is 5.92 Å². The lowest BCUT2D eigenvalue weighted by atomic mass is 9.92. The van der Waals surface area contributed by atoms with E-state index in [0.717, 1.165) is 30.7 Å². The van der Waals surface area contributed by atoms with Crippen LogP contribution in [0.1, 0.15) is 32.3 Å². The molecule has 0 unspecified atom stereocenters. The fourth-order valence-electron chi connectivity index (χ4n) is 2.80. The van der Waals surface area contributed by atoms with Crippen molar-refractivity contribution in [2.24, 2.45) is 5.92 Å². The highest BCUT2D eigenvalue weighted by Crippen LogP contribution is 2.28. The summed E-state index contributed by atoms with van der Waals surface area (Å²) in [6, 6.07) is 6.17. The third-order valence-electron chi connectivity index (χ3n) is 3.99. The quantitative estimate of drug-likeness (QED) is 0.845. The van der Waals surface area contributed by atoms with Crippen LogP contribution in [0.25, 0.3) is 0 Å². The summed E-state index contributed by atoms with van der Waals surface area (Å²) in [5, 5.41) is 6.39. The van der Waals surface area contributed by atoms with Crippen molar-refractivity contribution in [3.8, 4) is 11.5 Å². The number of hydrogen-bond donors (Lipinski definition) is 2. The van der Waals surface area contributed by atoms with Crippen LogP contribution in [0.5, 0.6) is 11.5 Å². The van der Waals surface area contributed by atoms with Crippen molar-refractivity contribution in [2.75, 3.05) is 20.3 Å². The minimum atomic E-state index is 0.112. The van der Waals surface area contributed by atoms with Crippen molar-refractivity contribution in [1.29, 1.82) is 0 Å². The van der Waals surface area contributed by atoms with Gasteiger partial charge in [-0.25, -0.2) is 0 Å². The summed E-state index contributed by atoms with van der Waals surface area (Å²) in [7, 11) is 1.62. The summed E-state index contributed by atoms with van der Waals surface area (Å²) in [5.41, 5.74) is 1.01. The number of carbonyl (C=O) groups excluding carboxylic acids is 1. The molecule has 5 heteroatoms. The second-order valence-corrected chi connectivity index (χ2v) is 5.71. The molecule has 22 heavy (non-hydrogen) atoms. The number of ether oxygens (including phenoxy) is 2. The van der Waals surface area contributed by atoms with Gasteiger partial charge in [0.1, 0.15) is 0 Å². The Bertz CT molecular complexity index is 505. The van der Waals surface area contributed by atoms with Crippen LogP contribution >= 0.6 is 0 Å². The SMILES string of the molecule is CCOc1ccc(CNC(=O)[C@H]2CCN[C@@H](C)C2)cc1OC. The first-order valence-corrected chi connectivity index (χ1v) is 7.94. The fraction of sp³-hybridized carbons (Fsp3) is 0.588. The predicted octanol–water partition coefficient (Wildman–Crippen LogP) is 2.10. The Kier molecular flexibility index (Phi) is 6.07. The molecule has 0 bridgehead atoms. The Labute approximate surface area is 132 Å². The highest BCUT2D eigenvalue weighted by molar-refractivity contribution is 5.78. The van der Waals surface area contributed by atoms with Crippen LogP contribution in [-0.4, -0.2) is 32.2 Å². The smallest absolute Gasteiger partial charge is 0.223 e. The van der Waals surface area contributed by atoms with Crippen molar-refractivity contribution >= 4 is 5.91 Å². The number of amides is 1. The first kappa shape index (κ1) is 16.6. The average molecular weight is 306 g/mol. The van der Waals surface area contributed by atoms with Gasteiger partial charge in [-0.3, -0.25) is 4.79 Å². The highest BCUT2D eigenvalue weighted by Gasteiger charge is 2.24. The maximum absolute atomic E-state index is 12.2. The molecule has 0 aromatic heterocycles. The van der Waals surface area contributed by atoms with Crippen LogP contribution in [0.15, 0.2) is 18.2 Å². The molecule has 0 radical (unpaired) electrons. The molecule has 1 fully saturated rings. The molecule has 1 aromatic rings. The zero-order valence-electron chi connectivity index (χ0n) is 13.6. The molecule has 5 nitrogen and oxygen atoms in total. The second-order valence-electron chi connectivity index (χ2n) is 5.71. The molecule has 1 amide bonds. The third kappa shape index (κ3) is 4.37. The summed E-state index contributed by atoms with van der Waals surface area (Å²) in [5.74, 6) is 1.68. The maximum Gasteiger partial charge on any atom is 0.223 e. The van der Waals surface area contributed by atoms with E-state index >= 15 is 0 Å². The lowest BCUT2D eigenvalue weighted by Gasteiger charge is -2.27. The molecule has 1 heterocycles. The van der Waals surface area contributed by atoms with E-state index in [1.165, 1.54) is 0 Å². The van der Waals surface area contributed by atoms with Crippen molar-refractivity contribution in [2.45, 2.75) is 39.3 Å². The Balaban J connectivity index is 1.92. The minimum Gasteiger partial charge on any atom is -0.493 e. The normalized spacial score (nSPS) is 21.2. The van der Waals surface area contributed by atoms with E-state index < -0.39 is 0 Å². The van der Waals surface area contributed by atoms with Gasteiger partial charge in [-0.05, 0) is 50.9 Å². The van der Waals surface area contributed by atoms with E-state index in [9.17, 15) is 4.79 Å². The van der Waals surface area contributed by atoms with Gasteiger partial charge in [0.15, 0.2) is 11.5 Å². The first-order chi connectivity index (χ1) is 10.6. The number of benzene rings is 1.